The SMILES string of the molecule is Cc1nc(NCCc2ccccc2)cc(N(C)Cc2ccccc2)n1. The minimum absolute atomic E-state index is 0.777. The second kappa shape index (κ2) is 8.29. The zero-order valence-electron chi connectivity index (χ0n) is 14.8. The Balaban J connectivity index is 1.63. The molecule has 25 heavy (non-hydrogen) atoms. The molecule has 0 amide bonds. The topological polar surface area (TPSA) is 41.1 Å². The zero-order chi connectivity index (χ0) is 17.5. The van der Waals surface area contributed by atoms with Gasteiger partial charge in [-0.2, -0.15) is 0 Å². The predicted octanol–water partition coefficient (Wildman–Crippen LogP) is 4.08. The van der Waals surface area contributed by atoms with Gasteiger partial charge >= 0.3 is 0 Å². The molecule has 0 atom stereocenters. The van der Waals surface area contributed by atoms with E-state index >= 15 is 0 Å². The van der Waals surface area contributed by atoms with Crippen LogP contribution in [0.5, 0.6) is 0 Å². The van der Waals surface area contributed by atoms with E-state index in [9.17, 15) is 0 Å². The van der Waals surface area contributed by atoms with Gasteiger partial charge in [-0.25, -0.2) is 9.97 Å². The van der Waals surface area contributed by atoms with E-state index in [1.807, 2.05) is 25.1 Å². The standard InChI is InChI=1S/C21H24N4/c1-17-23-20(22-14-13-18-9-5-3-6-10-18)15-21(24-17)25(2)16-19-11-7-4-8-12-19/h3-12,15H,13-14,16H2,1-2H3,(H,22,23,24). The van der Waals surface area contributed by atoms with Crippen molar-refractivity contribution >= 4 is 11.6 Å². The summed E-state index contributed by atoms with van der Waals surface area (Å²) in [5, 5.41) is 3.42. The fraction of sp³-hybridized carbons (Fsp3) is 0.238. The molecule has 0 fully saturated rings. The van der Waals surface area contributed by atoms with Crippen LogP contribution in [-0.4, -0.2) is 23.6 Å². The van der Waals surface area contributed by atoms with Gasteiger partial charge in [-0.05, 0) is 24.5 Å². The van der Waals surface area contributed by atoms with Crippen molar-refractivity contribution in [2.75, 3.05) is 23.8 Å². The van der Waals surface area contributed by atoms with Gasteiger partial charge in [0.25, 0.3) is 0 Å². The number of rotatable bonds is 7. The normalized spacial score (nSPS) is 10.5. The Labute approximate surface area is 149 Å². The molecular formula is C21H24N4. The lowest BCUT2D eigenvalue weighted by molar-refractivity contribution is 0.877. The summed E-state index contributed by atoms with van der Waals surface area (Å²) >= 11 is 0. The van der Waals surface area contributed by atoms with Gasteiger partial charge in [0.2, 0.25) is 0 Å². The molecule has 1 heterocycles. The Morgan fingerprint density at radius 3 is 2.20 bits per heavy atom. The van der Waals surface area contributed by atoms with Crippen LogP contribution >= 0.6 is 0 Å². The molecule has 0 aliphatic rings. The summed E-state index contributed by atoms with van der Waals surface area (Å²) < 4.78 is 0. The van der Waals surface area contributed by atoms with Crippen molar-refractivity contribution in [1.82, 2.24) is 9.97 Å². The van der Waals surface area contributed by atoms with E-state index in [0.717, 1.165) is 37.0 Å². The molecule has 0 aliphatic carbocycles. The largest absolute Gasteiger partial charge is 0.370 e. The van der Waals surface area contributed by atoms with Gasteiger partial charge in [-0.15, -0.1) is 0 Å². The van der Waals surface area contributed by atoms with Crippen LogP contribution in [0.1, 0.15) is 17.0 Å². The van der Waals surface area contributed by atoms with Crippen molar-refractivity contribution in [3.63, 3.8) is 0 Å². The molecule has 4 nitrogen and oxygen atoms in total. The lowest BCUT2D eigenvalue weighted by Crippen LogP contribution is -2.19. The molecule has 0 saturated heterocycles. The monoisotopic (exact) mass is 332 g/mol. The summed E-state index contributed by atoms with van der Waals surface area (Å²) in [6.07, 6.45) is 0.971. The third kappa shape index (κ3) is 5.05. The van der Waals surface area contributed by atoms with Crippen LogP contribution in [0.4, 0.5) is 11.6 Å². The molecule has 0 saturated carbocycles. The van der Waals surface area contributed by atoms with Gasteiger partial charge in [-0.3, -0.25) is 0 Å². The number of aromatic nitrogens is 2. The van der Waals surface area contributed by atoms with Crippen LogP contribution in [0.15, 0.2) is 66.7 Å². The van der Waals surface area contributed by atoms with Crippen LogP contribution in [0.2, 0.25) is 0 Å². The third-order valence-corrected chi connectivity index (χ3v) is 4.04. The number of anilines is 2. The number of benzene rings is 2. The molecule has 128 valence electrons. The molecule has 2 aromatic carbocycles. The molecule has 3 aromatic rings. The third-order valence-electron chi connectivity index (χ3n) is 4.04. The number of hydrogen-bond donors (Lipinski definition) is 1. The molecule has 4 heteroatoms. The molecule has 0 radical (unpaired) electrons. The second-order valence-corrected chi connectivity index (χ2v) is 6.16. The summed E-state index contributed by atoms with van der Waals surface area (Å²) in [5.74, 6) is 2.58. The summed E-state index contributed by atoms with van der Waals surface area (Å²) in [7, 11) is 2.06. The number of nitrogens with zero attached hydrogens (tertiary/aromatic N) is 3. The molecule has 0 unspecified atom stereocenters. The van der Waals surface area contributed by atoms with Crippen LogP contribution in [0, 0.1) is 6.92 Å². The smallest absolute Gasteiger partial charge is 0.134 e. The first-order valence-electron chi connectivity index (χ1n) is 8.59. The van der Waals surface area contributed by atoms with Crippen molar-refractivity contribution in [1.29, 1.82) is 0 Å². The van der Waals surface area contributed by atoms with Crippen molar-refractivity contribution in [2.45, 2.75) is 19.9 Å². The van der Waals surface area contributed by atoms with E-state index < -0.39 is 0 Å². The molecule has 1 aromatic heterocycles. The van der Waals surface area contributed by atoms with Gasteiger partial charge in [0.15, 0.2) is 0 Å². The quantitative estimate of drug-likeness (QED) is 0.708. The fourth-order valence-electron chi connectivity index (χ4n) is 2.76. The maximum absolute atomic E-state index is 4.57. The second-order valence-electron chi connectivity index (χ2n) is 6.16. The number of nitrogens with one attached hydrogen (secondary N) is 1. The van der Waals surface area contributed by atoms with Crippen LogP contribution in [-0.2, 0) is 13.0 Å². The first-order chi connectivity index (χ1) is 12.2. The highest BCUT2D eigenvalue weighted by atomic mass is 15.2. The lowest BCUT2D eigenvalue weighted by atomic mass is 10.1. The first-order valence-corrected chi connectivity index (χ1v) is 8.59. The average molecular weight is 332 g/mol. The summed E-state index contributed by atoms with van der Waals surface area (Å²) in [6.45, 7) is 3.60. The van der Waals surface area contributed by atoms with Crippen LogP contribution in [0.3, 0.4) is 0 Å². The van der Waals surface area contributed by atoms with E-state index in [-0.39, 0.29) is 0 Å². The summed E-state index contributed by atoms with van der Waals surface area (Å²) in [5.41, 5.74) is 2.59. The van der Waals surface area contributed by atoms with E-state index in [0.29, 0.717) is 0 Å². The highest BCUT2D eigenvalue weighted by Gasteiger charge is 2.07. The van der Waals surface area contributed by atoms with Gasteiger partial charge < -0.3 is 10.2 Å². The molecule has 1 N–H and O–H groups in total. The summed E-state index contributed by atoms with van der Waals surface area (Å²) in [4.78, 5) is 11.2. The van der Waals surface area contributed by atoms with Crippen LogP contribution in [0.25, 0.3) is 0 Å². The first kappa shape index (κ1) is 17.0. The number of aryl methyl sites for hydroxylation is 1. The van der Waals surface area contributed by atoms with Crippen molar-refractivity contribution in [3.8, 4) is 0 Å². The van der Waals surface area contributed by atoms with Gasteiger partial charge in [0.1, 0.15) is 17.5 Å². The van der Waals surface area contributed by atoms with Crippen molar-refractivity contribution in [2.24, 2.45) is 0 Å². The lowest BCUT2D eigenvalue weighted by Gasteiger charge is -2.19. The predicted molar refractivity (Wildman–Crippen MR) is 104 cm³/mol. The molecule has 0 aliphatic heterocycles. The Hall–Kier alpha value is -2.88. The summed E-state index contributed by atoms with van der Waals surface area (Å²) in [6, 6.07) is 22.9. The van der Waals surface area contributed by atoms with E-state index in [1.165, 1.54) is 11.1 Å². The Bertz CT molecular complexity index is 788. The van der Waals surface area contributed by atoms with E-state index in [4.69, 9.17) is 0 Å². The number of hydrogen-bond acceptors (Lipinski definition) is 4. The average Bonchev–Trinajstić information content (AvgIpc) is 2.63. The molecule has 0 bridgehead atoms. The molecule has 3 rings (SSSR count). The van der Waals surface area contributed by atoms with Gasteiger partial charge in [-0.1, -0.05) is 60.7 Å². The van der Waals surface area contributed by atoms with E-state index in [2.05, 4.69) is 75.8 Å². The van der Waals surface area contributed by atoms with Crippen LogP contribution < -0.4 is 10.2 Å². The highest BCUT2D eigenvalue weighted by molar-refractivity contribution is 5.49. The highest BCUT2D eigenvalue weighted by Crippen LogP contribution is 2.17. The minimum atomic E-state index is 0.777. The Kier molecular flexibility index (Phi) is 5.62. The zero-order valence-corrected chi connectivity index (χ0v) is 14.8. The molecule has 0 spiro atoms. The van der Waals surface area contributed by atoms with Crippen molar-refractivity contribution < 1.29 is 0 Å². The fourth-order valence-corrected chi connectivity index (χ4v) is 2.76. The molecular weight excluding hydrogens is 308 g/mol. The van der Waals surface area contributed by atoms with Gasteiger partial charge in [0, 0.05) is 26.2 Å². The van der Waals surface area contributed by atoms with E-state index in [1.54, 1.807) is 0 Å². The van der Waals surface area contributed by atoms with Gasteiger partial charge in [0.05, 0.1) is 0 Å². The Morgan fingerprint density at radius 1 is 0.880 bits per heavy atom. The maximum Gasteiger partial charge on any atom is 0.134 e. The maximum atomic E-state index is 4.57. The Morgan fingerprint density at radius 2 is 1.52 bits per heavy atom. The van der Waals surface area contributed by atoms with Crippen molar-refractivity contribution in [3.05, 3.63) is 83.7 Å². The minimum Gasteiger partial charge on any atom is -0.370 e.